The molecule has 3 aromatic rings. The Bertz CT molecular complexity index is 1150. The van der Waals surface area contributed by atoms with Gasteiger partial charge in [0.25, 0.3) is 11.2 Å². The van der Waals surface area contributed by atoms with E-state index in [4.69, 9.17) is 9.47 Å². The van der Waals surface area contributed by atoms with Crippen LogP contribution in [0.1, 0.15) is 39.7 Å². The molecule has 1 aromatic carbocycles. The van der Waals surface area contributed by atoms with Gasteiger partial charge in [0.15, 0.2) is 11.9 Å². The number of nitrogens with zero attached hydrogens (tertiary/aromatic N) is 2. The van der Waals surface area contributed by atoms with E-state index in [0.717, 1.165) is 16.5 Å². The summed E-state index contributed by atoms with van der Waals surface area (Å²) in [6, 6.07) is 3.63. The van der Waals surface area contributed by atoms with E-state index in [1.165, 1.54) is 30.6 Å². The Morgan fingerprint density at radius 2 is 2.07 bits per heavy atom. The summed E-state index contributed by atoms with van der Waals surface area (Å²) in [5.74, 6) is -0.491. The van der Waals surface area contributed by atoms with E-state index in [-0.39, 0.29) is 28.4 Å². The van der Waals surface area contributed by atoms with Crippen LogP contribution in [0.5, 0.6) is 5.75 Å². The van der Waals surface area contributed by atoms with Gasteiger partial charge in [0.05, 0.1) is 17.4 Å². The predicted molar refractivity (Wildman–Crippen MR) is 103 cm³/mol. The number of thiophene rings is 1. The van der Waals surface area contributed by atoms with Crippen LogP contribution >= 0.6 is 11.3 Å². The van der Waals surface area contributed by atoms with Gasteiger partial charge in [-0.3, -0.25) is 14.9 Å². The summed E-state index contributed by atoms with van der Waals surface area (Å²) < 4.78 is 10.5. The highest BCUT2D eigenvalue weighted by Crippen LogP contribution is 2.29. The summed E-state index contributed by atoms with van der Waals surface area (Å²) in [5.41, 5.74) is 0.205. The zero-order valence-electron chi connectivity index (χ0n) is 15.6. The quantitative estimate of drug-likeness (QED) is 0.393. The Labute approximate surface area is 163 Å². The number of nitrogens with one attached hydrogen (secondary N) is 1. The smallest absolute Gasteiger partial charge is 0.342 e. The number of fused-ring (bicyclic) bond motifs is 1. The van der Waals surface area contributed by atoms with Crippen LogP contribution < -0.4 is 10.3 Å². The summed E-state index contributed by atoms with van der Waals surface area (Å²) in [4.78, 5) is 43.9. The van der Waals surface area contributed by atoms with Crippen molar-refractivity contribution < 1.29 is 19.2 Å². The maximum atomic E-state index is 12.5. The monoisotopic (exact) mass is 403 g/mol. The fourth-order valence-electron chi connectivity index (χ4n) is 2.71. The molecule has 0 amide bonds. The maximum absolute atomic E-state index is 12.5. The van der Waals surface area contributed by atoms with Gasteiger partial charge >= 0.3 is 5.97 Å². The van der Waals surface area contributed by atoms with Crippen molar-refractivity contribution in [3.05, 3.63) is 60.5 Å². The fourth-order valence-corrected chi connectivity index (χ4v) is 3.75. The second-order valence-electron chi connectivity index (χ2n) is 6.10. The zero-order valence-corrected chi connectivity index (χ0v) is 16.4. The van der Waals surface area contributed by atoms with Crippen LogP contribution in [-0.2, 0) is 4.74 Å². The lowest BCUT2D eigenvalue weighted by Gasteiger charge is -2.14. The van der Waals surface area contributed by atoms with Crippen LogP contribution in [-0.4, -0.2) is 28.0 Å². The van der Waals surface area contributed by atoms with Crippen molar-refractivity contribution in [2.75, 3.05) is 7.11 Å². The highest BCUT2D eigenvalue weighted by Gasteiger charge is 2.23. The molecule has 0 saturated heterocycles. The normalized spacial score (nSPS) is 12.0. The Morgan fingerprint density at radius 1 is 1.36 bits per heavy atom. The van der Waals surface area contributed by atoms with Crippen molar-refractivity contribution >= 4 is 33.2 Å². The van der Waals surface area contributed by atoms with Gasteiger partial charge in [-0.1, -0.05) is 0 Å². The largest absolute Gasteiger partial charge is 0.496 e. The first-order valence-corrected chi connectivity index (χ1v) is 9.08. The lowest BCUT2D eigenvalue weighted by atomic mass is 10.1. The van der Waals surface area contributed by atoms with Crippen LogP contribution in [0.15, 0.2) is 23.0 Å². The highest BCUT2D eigenvalue weighted by atomic mass is 32.1. The first-order chi connectivity index (χ1) is 13.2. The molecular weight excluding hydrogens is 386 g/mol. The molecule has 0 bridgehead atoms. The number of rotatable bonds is 5. The third-order valence-corrected chi connectivity index (χ3v) is 5.44. The van der Waals surface area contributed by atoms with Crippen molar-refractivity contribution in [1.82, 2.24) is 9.97 Å². The van der Waals surface area contributed by atoms with Gasteiger partial charge < -0.3 is 14.5 Å². The molecular formula is C18H17N3O6S. The van der Waals surface area contributed by atoms with Crippen LogP contribution in [0.25, 0.3) is 10.2 Å². The molecule has 9 nitrogen and oxygen atoms in total. The fraction of sp³-hybridized carbons (Fsp3) is 0.278. The van der Waals surface area contributed by atoms with Gasteiger partial charge in [-0.2, -0.15) is 0 Å². The number of aromatic amines is 1. The zero-order chi connectivity index (χ0) is 20.6. The van der Waals surface area contributed by atoms with Crippen molar-refractivity contribution in [3.8, 4) is 5.75 Å². The molecule has 2 aromatic heterocycles. The van der Waals surface area contributed by atoms with Crippen molar-refractivity contribution in [2.24, 2.45) is 0 Å². The number of aromatic nitrogens is 2. The average molecular weight is 403 g/mol. The number of H-pyrrole nitrogens is 1. The number of non-ortho nitro benzene ring substituents is 1. The molecule has 0 aliphatic carbocycles. The second-order valence-corrected chi connectivity index (χ2v) is 7.31. The molecule has 2 heterocycles. The molecule has 0 radical (unpaired) electrons. The number of hydrogen-bond acceptors (Lipinski definition) is 8. The minimum absolute atomic E-state index is 0.0882. The van der Waals surface area contributed by atoms with Crippen LogP contribution in [0, 0.1) is 24.0 Å². The number of hydrogen-bond donors (Lipinski definition) is 1. The maximum Gasteiger partial charge on any atom is 0.342 e. The summed E-state index contributed by atoms with van der Waals surface area (Å²) in [5, 5.41) is 11.5. The molecule has 0 fully saturated rings. The number of nitro groups is 1. The minimum Gasteiger partial charge on any atom is -0.496 e. The second kappa shape index (κ2) is 7.39. The SMILES string of the molecule is COc1ccc([N+](=O)[O-])cc1C(=O)O[C@@H](C)c1nc2sc(C)c(C)c2c(=O)[nH]1. The molecule has 1 N–H and O–H groups in total. The van der Waals surface area contributed by atoms with E-state index in [2.05, 4.69) is 9.97 Å². The number of carbonyl (C=O) groups is 1. The van der Waals surface area contributed by atoms with Crippen LogP contribution in [0.3, 0.4) is 0 Å². The van der Waals surface area contributed by atoms with Gasteiger partial charge in [-0.15, -0.1) is 11.3 Å². The van der Waals surface area contributed by atoms with Crippen molar-refractivity contribution in [1.29, 1.82) is 0 Å². The van der Waals surface area contributed by atoms with E-state index in [9.17, 15) is 19.7 Å². The van der Waals surface area contributed by atoms with Crippen molar-refractivity contribution in [2.45, 2.75) is 26.9 Å². The third kappa shape index (κ3) is 3.46. The molecule has 28 heavy (non-hydrogen) atoms. The van der Waals surface area contributed by atoms with Gasteiger partial charge in [0, 0.05) is 17.0 Å². The first kappa shape index (κ1) is 19.5. The lowest BCUT2D eigenvalue weighted by molar-refractivity contribution is -0.384. The number of methoxy groups -OCH3 is 1. The highest BCUT2D eigenvalue weighted by molar-refractivity contribution is 7.18. The summed E-state index contributed by atoms with van der Waals surface area (Å²) in [6.07, 6.45) is -0.878. The lowest BCUT2D eigenvalue weighted by Crippen LogP contribution is -2.17. The molecule has 10 heteroatoms. The van der Waals surface area contributed by atoms with E-state index >= 15 is 0 Å². The number of carbonyl (C=O) groups excluding carboxylic acids is 1. The van der Waals surface area contributed by atoms with Gasteiger partial charge in [0.1, 0.15) is 16.1 Å². The minimum atomic E-state index is -0.878. The molecule has 0 aliphatic heterocycles. The van der Waals surface area contributed by atoms with Crippen LogP contribution in [0.2, 0.25) is 0 Å². The summed E-state index contributed by atoms with van der Waals surface area (Å²) in [7, 11) is 1.34. The molecule has 0 saturated carbocycles. The summed E-state index contributed by atoms with van der Waals surface area (Å²) >= 11 is 1.38. The number of esters is 1. The number of benzene rings is 1. The van der Waals surface area contributed by atoms with Gasteiger partial charge in [0.2, 0.25) is 0 Å². The molecule has 3 rings (SSSR count). The molecule has 0 spiro atoms. The summed E-state index contributed by atoms with van der Waals surface area (Å²) in [6.45, 7) is 5.31. The average Bonchev–Trinajstić information content (AvgIpc) is 2.95. The van der Waals surface area contributed by atoms with E-state index < -0.39 is 17.0 Å². The molecule has 0 aliphatic rings. The van der Waals surface area contributed by atoms with Gasteiger partial charge in [-0.05, 0) is 32.4 Å². The molecule has 146 valence electrons. The Hall–Kier alpha value is -3.27. The number of ether oxygens (including phenoxy) is 2. The first-order valence-electron chi connectivity index (χ1n) is 8.26. The van der Waals surface area contributed by atoms with Gasteiger partial charge in [-0.25, -0.2) is 9.78 Å². The van der Waals surface area contributed by atoms with E-state index in [0.29, 0.717) is 10.2 Å². The molecule has 0 unspecified atom stereocenters. The number of aryl methyl sites for hydroxylation is 2. The van der Waals surface area contributed by atoms with Crippen LogP contribution in [0.4, 0.5) is 5.69 Å². The Kier molecular flexibility index (Phi) is 5.14. The topological polar surface area (TPSA) is 124 Å². The third-order valence-electron chi connectivity index (χ3n) is 4.34. The van der Waals surface area contributed by atoms with E-state index in [1.54, 1.807) is 6.92 Å². The van der Waals surface area contributed by atoms with E-state index in [1.807, 2.05) is 13.8 Å². The Balaban J connectivity index is 1.93. The predicted octanol–water partition coefficient (Wildman–Crippen LogP) is 3.44. The standard InChI is InChI=1S/C18H17N3O6S/c1-8-10(3)28-17-14(8)16(22)19-15(20-17)9(2)27-18(23)12-7-11(21(24)25)5-6-13(12)26-4/h5-7,9H,1-4H3,(H,19,20,22)/t9-/m0/s1. The number of nitro benzene ring substituents is 1. The van der Waals surface area contributed by atoms with Crippen molar-refractivity contribution in [3.63, 3.8) is 0 Å². The molecule has 1 atom stereocenters. The Morgan fingerprint density at radius 3 is 2.71 bits per heavy atom.